The number of fused-ring (bicyclic) bond motifs is 1. The summed E-state index contributed by atoms with van der Waals surface area (Å²) in [7, 11) is 1.88. The summed E-state index contributed by atoms with van der Waals surface area (Å²) in [5.74, 6) is 0.259. The average molecular weight is 335 g/mol. The van der Waals surface area contributed by atoms with E-state index in [2.05, 4.69) is 5.10 Å². The highest BCUT2D eigenvalue weighted by Crippen LogP contribution is 2.33. The molecule has 0 bridgehead atoms. The number of rotatable bonds is 2. The van der Waals surface area contributed by atoms with E-state index in [4.69, 9.17) is 4.74 Å². The van der Waals surface area contributed by atoms with Crippen molar-refractivity contribution >= 4 is 5.91 Å². The second-order valence-electron chi connectivity index (χ2n) is 7.85. The van der Waals surface area contributed by atoms with E-state index >= 15 is 0 Å². The van der Waals surface area contributed by atoms with Gasteiger partial charge in [0, 0.05) is 32.1 Å². The van der Waals surface area contributed by atoms with Crippen LogP contribution in [0.1, 0.15) is 68.4 Å². The molecule has 2 aliphatic rings. The lowest BCUT2D eigenvalue weighted by Crippen LogP contribution is -2.44. The van der Waals surface area contributed by atoms with Gasteiger partial charge in [0.2, 0.25) is 0 Å². The smallest absolute Gasteiger partial charge is 0.274 e. The van der Waals surface area contributed by atoms with Crippen LogP contribution in [0.25, 0.3) is 0 Å². The van der Waals surface area contributed by atoms with E-state index in [1.807, 2.05) is 39.6 Å². The topological polar surface area (TPSA) is 67.6 Å². The fourth-order valence-electron chi connectivity index (χ4n) is 4.15. The molecule has 0 saturated carbocycles. The molecule has 3 rings (SSSR count). The van der Waals surface area contributed by atoms with Crippen molar-refractivity contribution in [1.82, 2.24) is 14.7 Å². The molecule has 134 valence electrons. The van der Waals surface area contributed by atoms with Crippen LogP contribution in [-0.4, -0.2) is 50.5 Å². The number of likely N-dealkylation sites (tertiary alicyclic amines) is 1. The first kappa shape index (κ1) is 17.4. The Kier molecular flexibility index (Phi) is 4.47. The molecule has 24 heavy (non-hydrogen) atoms. The fraction of sp³-hybridized carbons (Fsp3) is 0.778. The first-order valence-electron chi connectivity index (χ1n) is 8.91. The van der Waals surface area contributed by atoms with Gasteiger partial charge in [-0.15, -0.1) is 0 Å². The predicted octanol–water partition coefficient (Wildman–Crippen LogP) is 2.07. The lowest BCUT2D eigenvalue weighted by Gasteiger charge is -2.37. The summed E-state index contributed by atoms with van der Waals surface area (Å²) in [6, 6.07) is 0. The standard InChI is InChI=1S/C18H29N3O3/c1-11-10-14-15(19-20(5)16(14)12(2)24-11)17(22)21-8-6-13(7-9-21)18(3,4)23/h11-13,23H,6-10H2,1-5H3/t11-,12+/m1/s1. The highest BCUT2D eigenvalue weighted by molar-refractivity contribution is 5.94. The number of ether oxygens (including phenoxy) is 1. The van der Waals surface area contributed by atoms with E-state index < -0.39 is 5.60 Å². The zero-order valence-electron chi connectivity index (χ0n) is 15.4. The van der Waals surface area contributed by atoms with Crippen LogP contribution >= 0.6 is 0 Å². The predicted molar refractivity (Wildman–Crippen MR) is 90.8 cm³/mol. The maximum Gasteiger partial charge on any atom is 0.274 e. The Morgan fingerprint density at radius 3 is 2.50 bits per heavy atom. The van der Waals surface area contributed by atoms with Crippen LogP contribution < -0.4 is 0 Å². The van der Waals surface area contributed by atoms with Gasteiger partial charge in [0.1, 0.15) is 0 Å². The highest BCUT2D eigenvalue weighted by Gasteiger charge is 2.36. The zero-order chi connectivity index (χ0) is 17.6. The normalized spacial score (nSPS) is 25.7. The minimum absolute atomic E-state index is 0.0161. The number of aryl methyl sites for hydroxylation is 1. The van der Waals surface area contributed by atoms with Crippen molar-refractivity contribution in [1.29, 1.82) is 0 Å². The summed E-state index contributed by atoms with van der Waals surface area (Å²) in [4.78, 5) is 14.9. The molecule has 6 heteroatoms. The number of piperidine rings is 1. The van der Waals surface area contributed by atoms with Gasteiger partial charge in [0.25, 0.3) is 5.91 Å². The van der Waals surface area contributed by atoms with Crippen molar-refractivity contribution in [2.45, 2.75) is 64.8 Å². The molecular formula is C18H29N3O3. The van der Waals surface area contributed by atoms with Crippen LogP contribution in [0, 0.1) is 5.92 Å². The van der Waals surface area contributed by atoms with E-state index in [0.29, 0.717) is 18.8 Å². The first-order chi connectivity index (χ1) is 11.2. The Morgan fingerprint density at radius 1 is 1.29 bits per heavy atom. The summed E-state index contributed by atoms with van der Waals surface area (Å²) in [5, 5.41) is 14.7. The molecule has 0 spiro atoms. The van der Waals surface area contributed by atoms with E-state index in [1.165, 1.54) is 0 Å². The maximum atomic E-state index is 13.0. The van der Waals surface area contributed by atoms with Gasteiger partial charge in [0.15, 0.2) is 5.69 Å². The van der Waals surface area contributed by atoms with Gasteiger partial charge in [-0.3, -0.25) is 9.48 Å². The molecule has 1 aromatic heterocycles. The minimum atomic E-state index is -0.679. The Labute approximate surface area is 143 Å². The van der Waals surface area contributed by atoms with Gasteiger partial charge in [-0.25, -0.2) is 0 Å². The molecular weight excluding hydrogens is 306 g/mol. The van der Waals surface area contributed by atoms with Crippen LogP contribution in [0.5, 0.6) is 0 Å². The molecule has 3 heterocycles. The van der Waals surface area contributed by atoms with Crippen molar-refractivity contribution in [3.8, 4) is 0 Å². The number of nitrogens with zero attached hydrogens (tertiary/aromatic N) is 3. The van der Waals surface area contributed by atoms with Crippen LogP contribution in [0.4, 0.5) is 0 Å². The first-order valence-corrected chi connectivity index (χ1v) is 8.91. The average Bonchev–Trinajstić information content (AvgIpc) is 2.82. The lowest BCUT2D eigenvalue weighted by atomic mass is 9.83. The summed E-state index contributed by atoms with van der Waals surface area (Å²) in [6.07, 6.45) is 2.46. The van der Waals surface area contributed by atoms with Gasteiger partial charge in [0.05, 0.1) is 23.5 Å². The SMILES string of the molecule is C[C@@H]1Cc2c(C(=O)N3CCC(C(C)(C)O)CC3)nn(C)c2[C@H](C)O1. The maximum absolute atomic E-state index is 13.0. The molecule has 1 N–H and O–H groups in total. The third-order valence-electron chi connectivity index (χ3n) is 5.49. The van der Waals surface area contributed by atoms with Crippen molar-refractivity contribution in [3.05, 3.63) is 17.0 Å². The number of aromatic nitrogens is 2. The Balaban J connectivity index is 1.79. The van der Waals surface area contributed by atoms with Gasteiger partial charge < -0.3 is 14.7 Å². The van der Waals surface area contributed by atoms with Crippen molar-refractivity contribution in [2.24, 2.45) is 13.0 Å². The monoisotopic (exact) mass is 335 g/mol. The van der Waals surface area contributed by atoms with E-state index in [1.54, 1.807) is 4.68 Å². The van der Waals surface area contributed by atoms with Crippen LogP contribution in [0.3, 0.4) is 0 Å². The Morgan fingerprint density at radius 2 is 1.92 bits per heavy atom. The molecule has 2 atom stereocenters. The number of carbonyl (C=O) groups is 1. The second kappa shape index (κ2) is 6.15. The summed E-state index contributed by atoms with van der Waals surface area (Å²) < 4.78 is 7.66. The summed E-state index contributed by atoms with van der Waals surface area (Å²) in [6.45, 7) is 9.12. The zero-order valence-corrected chi connectivity index (χ0v) is 15.4. The van der Waals surface area contributed by atoms with Crippen molar-refractivity contribution in [2.75, 3.05) is 13.1 Å². The van der Waals surface area contributed by atoms with E-state index in [9.17, 15) is 9.90 Å². The third-order valence-corrected chi connectivity index (χ3v) is 5.49. The van der Waals surface area contributed by atoms with E-state index in [-0.39, 0.29) is 24.0 Å². The Hall–Kier alpha value is -1.40. The lowest BCUT2D eigenvalue weighted by molar-refractivity contribution is -0.0117. The molecule has 0 unspecified atom stereocenters. The summed E-state index contributed by atoms with van der Waals surface area (Å²) >= 11 is 0. The van der Waals surface area contributed by atoms with Crippen molar-refractivity contribution < 1.29 is 14.6 Å². The molecule has 1 amide bonds. The largest absolute Gasteiger partial charge is 0.390 e. The molecule has 0 aliphatic carbocycles. The summed E-state index contributed by atoms with van der Waals surface area (Å²) in [5.41, 5.74) is 1.96. The van der Waals surface area contributed by atoms with Crippen LogP contribution in [-0.2, 0) is 18.2 Å². The van der Waals surface area contributed by atoms with Gasteiger partial charge >= 0.3 is 0 Å². The number of amides is 1. The second-order valence-corrected chi connectivity index (χ2v) is 7.85. The molecule has 2 aliphatic heterocycles. The highest BCUT2D eigenvalue weighted by atomic mass is 16.5. The fourth-order valence-corrected chi connectivity index (χ4v) is 4.15. The van der Waals surface area contributed by atoms with Gasteiger partial charge in [-0.1, -0.05) is 0 Å². The molecule has 0 aromatic carbocycles. The minimum Gasteiger partial charge on any atom is -0.390 e. The molecule has 6 nitrogen and oxygen atoms in total. The number of aliphatic hydroxyl groups is 1. The Bertz CT molecular complexity index is 624. The van der Waals surface area contributed by atoms with Crippen LogP contribution in [0.15, 0.2) is 0 Å². The van der Waals surface area contributed by atoms with Gasteiger partial charge in [-0.2, -0.15) is 5.10 Å². The van der Waals surface area contributed by atoms with E-state index in [0.717, 1.165) is 30.5 Å². The molecule has 1 saturated heterocycles. The molecule has 1 aromatic rings. The molecule has 0 radical (unpaired) electrons. The number of carbonyl (C=O) groups excluding carboxylic acids is 1. The van der Waals surface area contributed by atoms with Gasteiger partial charge in [-0.05, 0) is 46.5 Å². The van der Waals surface area contributed by atoms with Crippen molar-refractivity contribution in [3.63, 3.8) is 0 Å². The third kappa shape index (κ3) is 3.09. The molecule has 1 fully saturated rings. The quantitative estimate of drug-likeness (QED) is 0.898. The number of hydrogen-bond donors (Lipinski definition) is 1. The number of hydrogen-bond acceptors (Lipinski definition) is 4. The van der Waals surface area contributed by atoms with Crippen LogP contribution in [0.2, 0.25) is 0 Å².